The molecule has 9 heavy (non-hydrogen) atoms. The predicted molar refractivity (Wildman–Crippen MR) is 34.2 cm³/mol. The van der Waals surface area contributed by atoms with Gasteiger partial charge < -0.3 is 5.11 Å². The smallest absolute Gasteiger partial charge is 0.159 e. The Kier molecular flexibility index (Phi) is 1.56. The lowest BCUT2D eigenvalue weighted by Crippen LogP contribution is -1.94. The molecule has 0 bridgehead atoms. The maximum atomic E-state index is 10.6. The highest BCUT2D eigenvalue weighted by molar-refractivity contribution is 5.94. The van der Waals surface area contributed by atoms with Crippen LogP contribution in [0.5, 0.6) is 0 Å². The van der Waals surface area contributed by atoms with Gasteiger partial charge in [-0.1, -0.05) is 0 Å². The Bertz CT molecular complexity index is 168. The van der Waals surface area contributed by atoms with Gasteiger partial charge >= 0.3 is 0 Å². The molecule has 1 rings (SSSR count). The van der Waals surface area contributed by atoms with Crippen LogP contribution in [-0.4, -0.2) is 10.9 Å². The molecule has 0 amide bonds. The van der Waals surface area contributed by atoms with Crippen LogP contribution in [0.3, 0.4) is 0 Å². The molecule has 2 nitrogen and oxygen atoms in total. The Morgan fingerprint density at radius 3 is 2.44 bits per heavy atom. The minimum atomic E-state index is 0.0185. The maximum Gasteiger partial charge on any atom is 0.159 e. The standard InChI is InChI=1S/C7H10O2/c1-5(8)6-3-2-4-7(6)9/h9H,2-4H2,1H3. The zero-order valence-corrected chi connectivity index (χ0v) is 5.48. The summed E-state index contributed by atoms with van der Waals surface area (Å²) < 4.78 is 0. The van der Waals surface area contributed by atoms with Crippen molar-refractivity contribution < 1.29 is 9.90 Å². The minimum absolute atomic E-state index is 0.0185. The molecule has 1 aliphatic rings. The fourth-order valence-corrected chi connectivity index (χ4v) is 1.11. The van der Waals surface area contributed by atoms with E-state index in [1.54, 1.807) is 0 Å². The van der Waals surface area contributed by atoms with Gasteiger partial charge in [0.25, 0.3) is 0 Å². The number of aliphatic hydroxyl groups excluding tert-OH is 1. The SMILES string of the molecule is CC(=O)C1=C(O)CCC1. The van der Waals surface area contributed by atoms with Gasteiger partial charge in [-0.3, -0.25) is 4.79 Å². The predicted octanol–water partition coefficient (Wildman–Crippen LogP) is 1.57. The lowest BCUT2D eigenvalue weighted by atomic mass is 10.2. The van der Waals surface area contributed by atoms with Gasteiger partial charge in [0.15, 0.2) is 5.78 Å². The first-order valence-electron chi connectivity index (χ1n) is 3.13. The van der Waals surface area contributed by atoms with E-state index in [0.717, 1.165) is 12.8 Å². The second kappa shape index (κ2) is 2.21. The van der Waals surface area contributed by atoms with Crippen molar-refractivity contribution in [3.05, 3.63) is 11.3 Å². The zero-order chi connectivity index (χ0) is 6.85. The highest BCUT2D eigenvalue weighted by atomic mass is 16.3. The second-order valence-corrected chi connectivity index (χ2v) is 2.33. The average Bonchev–Trinajstić information content (AvgIpc) is 2.13. The number of Topliss-reactive ketones (excluding diaryl/α,β-unsaturated/α-hetero) is 1. The minimum Gasteiger partial charge on any atom is -0.512 e. The van der Waals surface area contributed by atoms with Crippen LogP contribution in [0.15, 0.2) is 11.3 Å². The van der Waals surface area contributed by atoms with Gasteiger partial charge in [-0.05, 0) is 19.8 Å². The maximum absolute atomic E-state index is 10.6. The Hall–Kier alpha value is -0.790. The molecule has 0 atom stereocenters. The molecule has 0 unspecified atom stereocenters. The van der Waals surface area contributed by atoms with Crippen LogP contribution in [0.1, 0.15) is 26.2 Å². The third-order valence-corrected chi connectivity index (χ3v) is 1.61. The van der Waals surface area contributed by atoms with Gasteiger partial charge in [0.05, 0.1) is 5.76 Å². The van der Waals surface area contributed by atoms with E-state index in [1.807, 2.05) is 0 Å². The van der Waals surface area contributed by atoms with Crippen LogP contribution >= 0.6 is 0 Å². The van der Waals surface area contributed by atoms with Gasteiger partial charge in [0.1, 0.15) is 0 Å². The summed E-state index contributed by atoms with van der Waals surface area (Å²) in [4.78, 5) is 10.6. The lowest BCUT2D eigenvalue weighted by molar-refractivity contribution is -0.113. The van der Waals surface area contributed by atoms with Gasteiger partial charge in [-0.2, -0.15) is 0 Å². The van der Waals surface area contributed by atoms with Gasteiger partial charge in [-0.25, -0.2) is 0 Å². The first kappa shape index (κ1) is 6.33. The third kappa shape index (κ3) is 1.12. The van der Waals surface area contributed by atoms with E-state index >= 15 is 0 Å². The number of rotatable bonds is 1. The molecule has 0 aromatic rings. The van der Waals surface area contributed by atoms with Gasteiger partial charge in [0, 0.05) is 12.0 Å². The quantitative estimate of drug-likeness (QED) is 0.579. The van der Waals surface area contributed by atoms with Gasteiger partial charge in [0.2, 0.25) is 0 Å². The van der Waals surface area contributed by atoms with Crippen molar-refractivity contribution in [1.82, 2.24) is 0 Å². The van der Waals surface area contributed by atoms with Crippen molar-refractivity contribution in [2.75, 3.05) is 0 Å². The molecular weight excluding hydrogens is 116 g/mol. The summed E-state index contributed by atoms with van der Waals surface area (Å²) in [6, 6.07) is 0. The van der Waals surface area contributed by atoms with Crippen molar-refractivity contribution in [3.63, 3.8) is 0 Å². The van der Waals surface area contributed by atoms with Crippen LogP contribution < -0.4 is 0 Å². The van der Waals surface area contributed by atoms with Crippen LogP contribution in [-0.2, 0) is 4.79 Å². The number of carbonyl (C=O) groups is 1. The highest BCUT2D eigenvalue weighted by Crippen LogP contribution is 2.23. The molecule has 0 spiro atoms. The number of ketones is 1. The van der Waals surface area contributed by atoms with E-state index in [0.29, 0.717) is 17.8 Å². The Morgan fingerprint density at radius 2 is 2.22 bits per heavy atom. The highest BCUT2D eigenvalue weighted by Gasteiger charge is 2.16. The fourth-order valence-electron chi connectivity index (χ4n) is 1.11. The molecule has 1 aliphatic carbocycles. The van der Waals surface area contributed by atoms with E-state index < -0.39 is 0 Å². The van der Waals surface area contributed by atoms with Crippen molar-refractivity contribution in [2.24, 2.45) is 0 Å². The summed E-state index contributed by atoms with van der Waals surface area (Å²) in [7, 11) is 0. The van der Waals surface area contributed by atoms with Crippen molar-refractivity contribution >= 4 is 5.78 Å². The number of hydrogen-bond donors (Lipinski definition) is 1. The Labute approximate surface area is 54.2 Å². The van der Waals surface area contributed by atoms with Crippen LogP contribution in [0.25, 0.3) is 0 Å². The Balaban J connectivity index is 2.78. The molecule has 0 radical (unpaired) electrons. The lowest BCUT2D eigenvalue weighted by Gasteiger charge is -1.92. The number of hydrogen-bond acceptors (Lipinski definition) is 2. The largest absolute Gasteiger partial charge is 0.512 e. The van der Waals surface area contributed by atoms with Crippen molar-refractivity contribution in [2.45, 2.75) is 26.2 Å². The molecular formula is C7H10O2. The van der Waals surface area contributed by atoms with Crippen molar-refractivity contribution in [1.29, 1.82) is 0 Å². The van der Waals surface area contributed by atoms with E-state index in [4.69, 9.17) is 5.11 Å². The molecule has 0 aromatic heterocycles. The van der Waals surface area contributed by atoms with Crippen LogP contribution in [0.4, 0.5) is 0 Å². The van der Waals surface area contributed by atoms with Gasteiger partial charge in [-0.15, -0.1) is 0 Å². The number of allylic oxidation sites excluding steroid dienone is 2. The van der Waals surface area contributed by atoms with E-state index in [-0.39, 0.29) is 5.78 Å². The van der Waals surface area contributed by atoms with Crippen LogP contribution in [0.2, 0.25) is 0 Å². The summed E-state index contributed by atoms with van der Waals surface area (Å²) in [6.07, 6.45) is 2.39. The molecule has 0 heterocycles. The van der Waals surface area contributed by atoms with Crippen LogP contribution in [0, 0.1) is 0 Å². The zero-order valence-electron chi connectivity index (χ0n) is 5.48. The first-order valence-corrected chi connectivity index (χ1v) is 3.13. The molecule has 50 valence electrons. The summed E-state index contributed by atoms with van der Waals surface area (Å²) in [6.45, 7) is 1.50. The Morgan fingerprint density at radius 1 is 1.56 bits per heavy atom. The van der Waals surface area contributed by atoms with Crippen molar-refractivity contribution in [3.8, 4) is 0 Å². The molecule has 0 saturated heterocycles. The average molecular weight is 126 g/mol. The summed E-state index contributed by atoms with van der Waals surface area (Å²) >= 11 is 0. The summed E-state index contributed by atoms with van der Waals surface area (Å²) in [5.74, 6) is 0.326. The first-order chi connectivity index (χ1) is 4.22. The molecule has 1 N–H and O–H groups in total. The summed E-state index contributed by atoms with van der Waals surface area (Å²) in [5.41, 5.74) is 0.634. The molecule has 0 aromatic carbocycles. The van der Waals surface area contributed by atoms with E-state index in [2.05, 4.69) is 0 Å². The fraction of sp³-hybridized carbons (Fsp3) is 0.571. The number of aliphatic hydroxyl groups is 1. The molecule has 2 heteroatoms. The van der Waals surface area contributed by atoms with E-state index in [9.17, 15) is 4.79 Å². The molecule has 0 saturated carbocycles. The monoisotopic (exact) mass is 126 g/mol. The molecule has 0 fully saturated rings. The molecule has 0 aliphatic heterocycles. The summed E-state index contributed by atoms with van der Waals surface area (Å²) in [5, 5.41) is 9.02. The normalized spacial score (nSPS) is 18.8. The van der Waals surface area contributed by atoms with E-state index in [1.165, 1.54) is 6.92 Å². The number of carbonyl (C=O) groups excluding carboxylic acids is 1. The third-order valence-electron chi connectivity index (χ3n) is 1.61. The topological polar surface area (TPSA) is 37.3 Å². The second-order valence-electron chi connectivity index (χ2n) is 2.33.